The maximum absolute atomic E-state index is 11.5. The van der Waals surface area contributed by atoms with Crippen LogP contribution in [0.5, 0.6) is 0 Å². The first-order valence-corrected chi connectivity index (χ1v) is 5.30. The summed E-state index contributed by atoms with van der Waals surface area (Å²) in [5, 5.41) is 0.933. The van der Waals surface area contributed by atoms with E-state index >= 15 is 0 Å². The fraction of sp³-hybridized carbons (Fsp3) is 1.00. The van der Waals surface area contributed by atoms with Crippen LogP contribution in [0, 0.1) is 5.92 Å². The molecule has 1 rings (SSSR count). The molecule has 2 unspecified atom stereocenters. The molecule has 2 heteroatoms. The molecule has 0 aromatic rings. The van der Waals surface area contributed by atoms with Crippen molar-refractivity contribution in [1.29, 1.82) is 0 Å². The molecule has 1 nitrogen and oxygen atoms in total. The fourth-order valence-corrected chi connectivity index (χ4v) is 3.40. The monoisotopic (exact) mass is 160 g/mol. The summed E-state index contributed by atoms with van der Waals surface area (Å²) >= 11 is -0.535. The van der Waals surface area contributed by atoms with E-state index in [1.807, 2.05) is 0 Å². The maximum atomic E-state index is 11.5. The minimum absolute atomic E-state index is 0.451. The quantitative estimate of drug-likeness (QED) is 0.538. The molecule has 1 heterocycles. The van der Waals surface area contributed by atoms with Crippen molar-refractivity contribution >= 4 is 11.2 Å². The van der Waals surface area contributed by atoms with Gasteiger partial charge in [0.15, 0.2) is 0 Å². The summed E-state index contributed by atoms with van der Waals surface area (Å²) in [5.41, 5.74) is 0. The molecule has 1 saturated heterocycles. The topological polar surface area (TPSA) is 23.1 Å². The molecule has 3 atom stereocenters. The summed E-state index contributed by atoms with van der Waals surface area (Å²) in [4.78, 5) is 0. The normalized spacial score (nSPS) is 41.1. The minimum Gasteiger partial charge on any atom is -0.616 e. The zero-order valence-electron chi connectivity index (χ0n) is 6.96. The molecule has 1 fully saturated rings. The van der Waals surface area contributed by atoms with Crippen LogP contribution in [-0.4, -0.2) is 15.1 Å². The smallest absolute Gasteiger partial charge is 0.118 e. The van der Waals surface area contributed by atoms with Crippen LogP contribution in [0.15, 0.2) is 0 Å². The highest BCUT2D eigenvalue weighted by Crippen LogP contribution is 2.31. The van der Waals surface area contributed by atoms with Gasteiger partial charge in [0, 0.05) is 5.92 Å². The second-order valence-electron chi connectivity index (χ2n) is 3.50. The summed E-state index contributed by atoms with van der Waals surface area (Å²) < 4.78 is 11.5. The average molecular weight is 160 g/mol. The van der Waals surface area contributed by atoms with Crippen molar-refractivity contribution in [2.45, 2.75) is 44.1 Å². The second kappa shape index (κ2) is 3.14. The molecule has 0 amide bonds. The third-order valence-corrected chi connectivity index (χ3v) is 4.70. The molecule has 1 aliphatic rings. The molecule has 0 spiro atoms. The Bertz CT molecular complexity index is 114. The number of rotatable bonds is 1. The molecule has 0 bridgehead atoms. The van der Waals surface area contributed by atoms with Crippen LogP contribution in [0.4, 0.5) is 0 Å². The molecule has 0 aliphatic carbocycles. The third-order valence-electron chi connectivity index (χ3n) is 2.30. The van der Waals surface area contributed by atoms with E-state index in [-0.39, 0.29) is 0 Å². The lowest BCUT2D eigenvalue weighted by molar-refractivity contribution is 0.537. The molecule has 10 heavy (non-hydrogen) atoms. The van der Waals surface area contributed by atoms with Gasteiger partial charge in [0.2, 0.25) is 0 Å². The first-order chi connectivity index (χ1) is 4.63. The van der Waals surface area contributed by atoms with Gasteiger partial charge in [-0.05, 0) is 30.9 Å². The average Bonchev–Trinajstić information content (AvgIpc) is 2.14. The fourth-order valence-electron chi connectivity index (χ4n) is 1.53. The molecule has 0 saturated carbocycles. The predicted molar refractivity (Wildman–Crippen MR) is 45.5 cm³/mol. The largest absolute Gasteiger partial charge is 0.616 e. The van der Waals surface area contributed by atoms with Crippen LogP contribution in [-0.2, 0) is 11.2 Å². The van der Waals surface area contributed by atoms with Crippen LogP contribution in [0.3, 0.4) is 0 Å². The highest BCUT2D eigenvalue weighted by Gasteiger charge is 2.37. The Labute approximate surface area is 66.4 Å². The van der Waals surface area contributed by atoms with Gasteiger partial charge in [0.1, 0.15) is 10.5 Å². The molecule has 1 aliphatic heterocycles. The highest BCUT2D eigenvalue weighted by atomic mass is 32.2. The predicted octanol–water partition coefficient (Wildman–Crippen LogP) is 1.94. The van der Waals surface area contributed by atoms with Crippen LogP contribution in [0.25, 0.3) is 0 Å². The van der Waals surface area contributed by atoms with Crippen LogP contribution in [0.2, 0.25) is 0 Å². The van der Waals surface area contributed by atoms with Crippen molar-refractivity contribution in [1.82, 2.24) is 0 Å². The van der Waals surface area contributed by atoms with Gasteiger partial charge in [-0.3, -0.25) is 0 Å². The lowest BCUT2D eigenvalue weighted by Gasteiger charge is -2.19. The summed E-state index contributed by atoms with van der Waals surface area (Å²) in [6.07, 6.45) is 2.33. The Morgan fingerprint density at radius 2 is 2.00 bits per heavy atom. The molecule has 0 N–H and O–H groups in total. The van der Waals surface area contributed by atoms with E-state index in [2.05, 4.69) is 20.8 Å². The Morgan fingerprint density at radius 3 is 2.20 bits per heavy atom. The summed E-state index contributed by atoms with van der Waals surface area (Å²) in [6.45, 7) is 6.43. The van der Waals surface area contributed by atoms with E-state index in [4.69, 9.17) is 0 Å². The Hall–Kier alpha value is 0.310. The summed E-state index contributed by atoms with van der Waals surface area (Å²) in [7, 11) is 0. The van der Waals surface area contributed by atoms with Crippen molar-refractivity contribution in [3.8, 4) is 0 Å². The van der Waals surface area contributed by atoms with Crippen molar-refractivity contribution in [3.05, 3.63) is 0 Å². The van der Waals surface area contributed by atoms with Gasteiger partial charge >= 0.3 is 0 Å². The van der Waals surface area contributed by atoms with Gasteiger partial charge in [-0.15, -0.1) is 0 Å². The Morgan fingerprint density at radius 1 is 1.40 bits per heavy atom. The van der Waals surface area contributed by atoms with Crippen LogP contribution < -0.4 is 0 Å². The van der Waals surface area contributed by atoms with Crippen molar-refractivity contribution in [3.63, 3.8) is 0 Å². The van der Waals surface area contributed by atoms with E-state index < -0.39 is 11.2 Å². The Balaban J connectivity index is 2.49. The highest BCUT2D eigenvalue weighted by molar-refractivity contribution is 7.92. The SMILES string of the molecule is CC(C)C1CC[C@@H](C)[S+]1[O-]. The van der Waals surface area contributed by atoms with Crippen molar-refractivity contribution < 1.29 is 4.55 Å². The van der Waals surface area contributed by atoms with Gasteiger partial charge in [0.05, 0.1) is 0 Å². The first kappa shape index (κ1) is 8.41. The molecular formula is C8H16OS. The van der Waals surface area contributed by atoms with Gasteiger partial charge in [-0.25, -0.2) is 0 Å². The summed E-state index contributed by atoms with van der Waals surface area (Å²) in [6, 6.07) is 0. The lowest BCUT2D eigenvalue weighted by Crippen LogP contribution is -2.25. The molecule has 0 aromatic carbocycles. The van der Waals surface area contributed by atoms with E-state index in [0.29, 0.717) is 16.4 Å². The standard InChI is InChI=1S/C8H16OS/c1-6(2)8-5-4-7(3)10(8)9/h6-8H,4-5H2,1-3H3/t7-,8?,10?/m1/s1. The van der Waals surface area contributed by atoms with Gasteiger partial charge in [-0.2, -0.15) is 0 Å². The van der Waals surface area contributed by atoms with E-state index in [1.165, 1.54) is 6.42 Å². The molecule has 0 aromatic heterocycles. The third kappa shape index (κ3) is 1.48. The van der Waals surface area contributed by atoms with Gasteiger partial charge < -0.3 is 4.55 Å². The lowest BCUT2D eigenvalue weighted by atomic mass is 10.1. The Kier molecular flexibility index (Phi) is 2.64. The van der Waals surface area contributed by atoms with Gasteiger partial charge in [0.25, 0.3) is 0 Å². The zero-order valence-corrected chi connectivity index (χ0v) is 7.78. The summed E-state index contributed by atoms with van der Waals surface area (Å²) in [5.74, 6) is 0.603. The molecule has 60 valence electrons. The zero-order chi connectivity index (χ0) is 7.72. The van der Waals surface area contributed by atoms with E-state index in [9.17, 15) is 4.55 Å². The molecular weight excluding hydrogens is 144 g/mol. The number of hydrogen-bond donors (Lipinski definition) is 0. The van der Waals surface area contributed by atoms with Crippen LogP contribution >= 0.6 is 0 Å². The van der Waals surface area contributed by atoms with Gasteiger partial charge in [-0.1, -0.05) is 13.8 Å². The minimum atomic E-state index is -0.535. The first-order valence-electron chi connectivity index (χ1n) is 4.02. The maximum Gasteiger partial charge on any atom is 0.118 e. The van der Waals surface area contributed by atoms with Crippen LogP contribution in [0.1, 0.15) is 33.6 Å². The van der Waals surface area contributed by atoms with E-state index in [1.54, 1.807) is 0 Å². The van der Waals surface area contributed by atoms with Crippen molar-refractivity contribution in [2.24, 2.45) is 5.92 Å². The number of hydrogen-bond acceptors (Lipinski definition) is 1. The van der Waals surface area contributed by atoms with Crippen molar-refractivity contribution in [2.75, 3.05) is 0 Å². The second-order valence-corrected chi connectivity index (χ2v) is 5.57. The molecule has 0 radical (unpaired) electrons. The van der Waals surface area contributed by atoms with E-state index in [0.717, 1.165) is 6.42 Å².